The second-order valence-electron chi connectivity index (χ2n) is 6.50. The summed E-state index contributed by atoms with van der Waals surface area (Å²) in [5, 5.41) is 4.72. The summed E-state index contributed by atoms with van der Waals surface area (Å²) in [5.74, 6) is 0.492. The van der Waals surface area contributed by atoms with Crippen molar-refractivity contribution in [2.24, 2.45) is 0 Å². The van der Waals surface area contributed by atoms with Crippen molar-refractivity contribution in [3.05, 3.63) is 10.6 Å². The third-order valence-electron chi connectivity index (χ3n) is 4.29. The van der Waals surface area contributed by atoms with Gasteiger partial charge in [0.05, 0.1) is 17.9 Å². The minimum absolute atomic E-state index is 0.428. The van der Waals surface area contributed by atoms with E-state index < -0.39 is 0 Å². The number of thiazole rings is 1. The van der Waals surface area contributed by atoms with Gasteiger partial charge in [-0.15, -0.1) is 11.3 Å². The second kappa shape index (κ2) is 6.63. The summed E-state index contributed by atoms with van der Waals surface area (Å²) in [6.45, 7) is 10.8. The third kappa shape index (κ3) is 3.41. The molecule has 1 aromatic heterocycles. The minimum Gasteiger partial charge on any atom is -0.371 e. The molecule has 0 spiro atoms. The van der Waals surface area contributed by atoms with Crippen molar-refractivity contribution in [2.75, 3.05) is 24.5 Å². The lowest BCUT2D eigenvalue weighted by Gasteiger charge is -2.31. The molecule has 0 aromatic carbocycles. The molecule has 0 saturated carbocycles. The summed E-state index contributed by atoms with van der Waals surface area (Å²) in [4.78, 5) is 8.82. The van der Waals surface area contributed by atoms with Gasteiger partial charge in [0.25, 0.3) is 0 Å². The second-order valence-corrected chi connectivity index (χ2v) is 7.56. The van der Waals surface area contributed by atoms with Crippen molar-refractivity contribution in [1.29, 1.82) is 0 Å². The average Bonchev–Trinajstić information content (AvgIpc) is 3.03. The Labute approximate surface area is 131 Å². The molecular formula is C16H27N3OS. The zero-order valence-corrected chi connectivity index (χ0v) is 14.2. The fraction of sp³-hybridized carbons (Fsp3) is 0.812. The Bertz CT molecular complexity index is 462. The first-order chi connectivity index (χ1) is 10.2. The molecule has 21 heavy (non-hydrogen) atoms. The van der Waals surface area contributed by atoms with Crippen LogP contribution in [-0.2, 0) is 11.3 Å². The van der Waals surface area contributed by atoms with Gasteiger partial charge in [0.15, 0.2) is 5.13 Å². The molecule has 3 heterocycles. The molecule has 2 aliphatic heterocycles. The lowest BCUT2D eigenvalue weighted by Crippen LogP contribution is -2.42. The monoisotopic (exact) mass is 309 g/mol. The van der Waals surface area contributed by atoms with E-state index in [0.717, 1.165) is 26.2 Å². The van der Waals surface area contributed by atoms with Crippen molar-refractivity contribution in [2.45, 2.75) is 64.7 Å². The van der Waals surface area contributed by atoms with Gasteiger partial charge in [-0.05, 0) is 31.7 Å². The molecule has 4 nitrogen and oxygen atoms in total. The molecule has 1 N–H and O–H groups in total. The van der Waals surface area contributed by atoms with Gasteiger partial charge in [-0.2, -0.15) is 0 Å². The van der Waals surface area contributed by atoms with E-state index >= 15 is 0 Å². The van der Waals surface area contributed by atoms with Crippen LogP contribution in [0.15, 0.2) is 0 Å². The highest BCUT2D eigenvalue weighted by Gasteiger charge is 2.35. The van der Waals surface area contributed by atoms with E-state index in [-0.39, 0.29) is 0 Å². The van der Waals surface area contributed by atoms with E-state index in [4.69, 9.17) is 9.72 Å². The Kier molecular flexibility index (Phi) is 4.82. The van der Waals surface area contributed by atoms with Gasteiger partial charge in [0.1, 0.15) is 0 Å². The first-order valence-electron chi connectivity index (χ1n) is 8.28. The van der Waals surface area contributed by atoms with E-state index in [0.29, 0.717) is 18.1 Å². The molecule has 5 heteroatoms. The Hall–Kier alpha value is -0.650. The van der Waals surface area contributed by atoms with Crippen LogP contribution in [0.25, 0.3) is 0 Å². The standard InChI is InChI=1S/C16H27N3OS/c1-4-7-17-8-14-15(11(2)3)18-16(21-14)19-9-12-5-6-13(10-19)20-12/h11-13,17H,4-10H2,1-3H3. The summed E-state index contributed by atoms with van der Waals surface area (Å²) >= 11 is 1.87. The Morgan fingerprint density at radius 3 is 2.67 bits per heavy atom. The highest BCUT2D eigenvalue weighted by molar-refractivity contribution is 7.15. The van der Waals surface area contributed by atoms with Gasteiger partial charge in [-0.25, -0.2) is 4.98 Å². The first kappa shape index (κ1) is 15.3. The molecule has 0 radical (unpaired) electrons. The largest absolute Gasteiger partial charge is 0.371 e. The molecule has 118 valence electrons. The van der Waals surface area contributed by atoms with Gasteiger partial charge in [-0.3, -0.25) is 0 Å². The van der Waals surface area contributed by atoms with Crippen LogP contribution in [0.4, 0.5) is 5.13 Å². The number of hydrogen-bond donors (Lipinski definition) is 1. The Morgan fingerprint density at radius 1 is 1.33 bits per heavy atom. The SMILES string of the molecule is CCCNCc1sc(N2CC3CCC(C2)O3)nc1C(C)C. The van der Waals surface area contributed by atoms with Crippen LogP contribution in [0.3, 0.4) is 0 Å². The van der Waals surface area contributed by atoms with Crippen molar-refractivity contribution in [3.63, 3.8) is 0 Å². The first-order valence-corrected chi connectivity index (χ1v) is 9.09. The number of nitrogens with one attached hydrogen (secondary N) is 1. The molecule has 2 bridgehead atoms. The maximum Gasteiger partial charge on any atom is 0.186 e. The molecule has 2 atom stereocenters. The number of rotatable bonds is 6. The molecule has 2 fully saturated rings. The number of morpholine rings is 1. The smallest absolute Gasteiger partial charge is 0.186 e. The predicted molar refractivity (Wildman–Crippen MR) is 88.3 cm³/mol. The maximum atomic E-state index is 5.94. The van der Waals surface area contributed by atoms with E-state index in [1.807, 2.05) is 11.3 Å². The van der Waals surface area contributed by atoms with Gasteiger partial charge in [-0.1, -0.05) is 20.8 Å². The van der Waals surface area contributed by atoms with Crippen molar-refractivity contribution < 1.29 is 4.74 Å². The number of fused-ring (bicyclic) bond motifs is 2. The lowest BCUT2D eigenvalue weighted by molar-refractivity contribution is 0.0305. The van der Waals surface area contributed by atoms with Crippen molar-refractivity contribution in [3.8, 4) is 0 Å². The summed E-state index contributed by atoms with van der Waals surface area (Å²) in [7, 11) is 0. The van der Waals surface area contributed by atoms with Gasteiger partial charge in [0.2, 0.25) is 0 Å². The molecule has 0 amide bonds. The van der Waals surface area contributed by atoms with Crippen LogP contribution in [-0.4, -0.2) is 36.8 Å². The normalized spacial score (nSPS) is 25.0. The summed E-state index contributed by atoms with van der Waals surface area (Å²) in [6, 6.07) is 0. The van der Waals surface area contributed by atoms with Crippen LogP contribution in [0, 0.1) is 0 Å². The number of nitrogens with zero attached hydrogens (tertiary/aromatic N) is 2. The van der Waals surface area contributed by atoms with E-state index in [9.17, 15) is 0 Å². The average molecular weight is 309 g/mol. The quantitative estimate of drug-likeness (QED) is 0.819. The molecule has 2 aliphatic rings. The minimum atomic E-state index is 0.428. The van der Waals surface area contributed by atoms with Crippen LogP contribution in [0.2, 0.25) is 0 Å². The molecule has 2 saturated heterocycles. The van der Waals surface area contributed by atoms with Crippen LogP contribution < -0.4 is 10.2 Å². The van der Waals surface area contributed by atoms with Crippen molar-refractivity contribution >= 4 is 16.5 Å². The zero-order chi connectivity index (χ0) is 14.8. The fourth-order valence-corrected chi connectivity index (χ4v) is 4.42. The molecule has 1 aromatic rings. The fourth-order valence-electron chi connectivity index (χ4n) is 3.21. The third-order valence-corrected chi connectivity index (χ3v) is 5.42. The highest BCUT2D eigenvalue weighted by Crippen LogP contribution is 2.35. The number of aromatic nitrogens is 1. The molecule has 0 aliphatic carbocycles. The lowest BCUT2D eigenvalue weighted by atomic mass is 10.1. The van der Waals surface area contributed by atoms with Crippen LogP contribution in [0.5, 0.6) is 0 Å². The zero-order valence-electron chi connectivity index (χ0n) is 13.4. The molecule has 2 unspecified atom stereocenters. The molecule has 3 rings (SSSR count). The van der Waals surface area contributed by atoms with E-state index in [2.05, 4.69) is 31.0 Å². The topological polar surface area (TPSA) is 37.4 Å². The van der Waals surface area contributed by atoms with Crippen LogP contribution >= 0.6 is 11.3 Å². The van der Waals surface area contributed by atoms with Gasteiger partial charge in [0, 0.05) is 24.5 Å². The summed E-state index contributed by atoms with van der Waals surface area (Å²) in [5.41, 5.74) is 1.28. The maximum absolute atomic E-state index is 5.94. The van der Waals surface area contributed by atoms with E-state index in [1.165, 1.54) is 35.0 Å². The van der Waals surface area contributed by atoms with E-state index in [1.54, 1.807) is 0 Å². The summed E-state index contributed by atoms with van der Waals surface area (Å²) in [6.07, 6.45) is 4.46. The Balaban J connectivity index is 1.74. The van der Waals surface area contributed by atoms with Crippen molar-refractivity contribution in [1.82, 2.24) is 10.3 Å². The van der Waals surface area contributed by atoms with Gasteiger partial charge >= 0.3 is 0 Å². The number of anilines is 1. The Morgan fingerprint density at radius 2 is 2.05 bits per heavy atom. The summed E-state index contributed by atoms with van der Waals surface area (Å²) < 4.78 is 5.94. The van der Waals surface area contributed by atoms with Gasteiger partial charge < -0.3 is 15.0 Å². The number of ether oxygens (including phenoxy) is 1. The number of hydrogen-bond acceptors (Lipinski definition) is 5. The van der Waals surface area contributed by atoms with Crippen LogP contribution in [0.1, 0.15) is 56.5 Å². The highest BCUT2D eigenvalue weighted by atomic mass is 32.1. The predicted octanol–water partition coefficient (Wildman–Crippen LogP) is 3.13. The molecular weight excluding hydrogens is 282 g/mol.